The van der Waals surface area contributed by atoms with E-state index < -0.39 is 17.5 Å². The molecule has 1 aromatic rings. The van der Waals surface area contributed by atoms with Gasteiger partial charge in [-0.25, -0.2) is 9.59 Å². The first-order chi connectivity index (χ1) is 15.6. The number of fused-ring (bicyclic) bond motifs is 1. The Kier molecular flexibility index (Phi) is 7.76. The summed E-state index contributed by atoms with van der Waals surface area (Å²) in [5, 5.41) is 0. The van der Waals surface area contributed by atoms with Crippen molar-refractivity contribution in [1.82, 2.24) is 0 Å². The highest BCUT2D eigenvalue weighted by Crippen LogP contribution is 2.56. The van der Waals surface area contributed by atoms with E-state index in [0.29, 0.717) is 9.10 Å². The zero-order valence-electron chi connectivity index (χ0n) is 19.5. The van der Waals surface area contributed by atoms with Crippen molar-refractivity contribution in [2.75, 3.05) is 18.1 Å². The highest BCUT2D eigenvalue weighted by Gasteiger charge is 2.46. The fourth-order valence-corrected chi connectivity index (χ4v) is 6.61. The number of para-hydroxylation sites is 1. The van der Waals surface area contributed by atoms with Crippen molar-refractivity contribution in [1.29, 1.82) is 0 Å². The van der Waals surface area contributed by atoms with Gasteiger partial charge >= 0.3 is 11.9 Å². The van der Waals surface area contributed by atoms with Crippen molar-refractivity contribution in [3.8, 4) is 0 Å². The van der Waals surface area contributed by atoms with Gasteiger partial charge in [-0.3, -0.25) is 4.79 Å². The maximum atomic E-state index is 13.2. The van der Waals surface area contributed by atoms with Gasteiger partial charge in [0.1, 0.15) is 9.81 Å². The van der Waals surface area contributed by atoms with E-state index in [0.717, 1.165) is 16.8 Å². The van der Waals surface area contributed by atoms with Gasteiger partial charge in [0, 0.05) is 17.1 Å². The van der Waals surface area contributed by atoms with Crippen LogP contribution in [0.25, 0.3) is 5.57 Å². The topological polar surface area (TPSA) is 72.9 Å². The maximum Gasteiger partial charge on any atom is 0.346 e. The fraction of sp³-hybridized carbons (Fsp3) is 0.417. The smallest absolute Gasteiger partial charge is 0.346 e. The molecule has 176 valence electrons. The molecular weight excluding hydrogens is 478 g/mol. The summed E-state index contributed by atoms with van der Waals surface area (Å²) in [6.07, 6.45) is 0. The van der Waals surface area contributed by atoms with Crippen molar-refractivity contribution in [3.05, 3.63) is 43.9 Å². The molecule has 2 heterocycles. The minimum atomic E-state index is -0.786. The Balaban J connectivity index is 2.19. The predicted octanol–water partition coefficient (Wildman–Crippen LogP) is 5.32. The van der Waals surface area contributed by atoms with E-state index in [1.165, 1.54) is 23.5 Å². The number of amides is 1. The second kappa shape index (κ2) is 10.0. The highest BCUT2D eigenvalue weighted by atomic mass is 32.2. The molecule has 0 saturated heterocycles. The number of esters is 2. The summed E-state index contributed by atoms with van der Waals surface area (Å²) in [4.78, 5) is 41.2. The van der Waals surface area contributed by atoms with Crippen LogP contribution in [0.4, 0.5) is 5.69 Å². The number of thioether (sulfide) groups is 2. The quantitative estimate of drug-likeness (QED) is 0.302. The molecule has 0 N–H and O–H groups in total. The van der Waals surface area contributed by atoms with Crippen LogP contribution in [-0.4, -0.2) is 41.5 Å². The van der Waals surface area contributed by atoms with Crippen molar-refractivity contribution in [3.63, 3.8) is 0 Å². The van der Waals surface area contributed by atoms with Crippen LogP contribution < -0.4 is 4.90 Å². The third-order valence-electron chi connectivity index (χ3n) is 5.19. The third-order valence-corrected chi connectivity index (χ3v) is 8.45. The molecule has 2 aliphatic rings. The lowest BCUT2D eigenvalue weighted by molar-refractivity contribution is -0.140. The number of hydrogen-bond donors (Lipinski definition) is 0. The second-order valence-corrected chi connectivity index (χ2v) is 10.9. The van der Waals surface area contributed by atoms with E-state index in [2.05, 4.69) is 0 Å². The van der Waals surface area contributed by atoms with Gasteiger partial charge in [0.15, 0.2) is 0 Å². The van der Waals surface area contributed by atoms with E-state index >= 15 is 0 Å². The summed E-state index contributed by atoms with van der Waals surface area (Å²) >= 11 is 8.28. The third kappa shape index (κ3) is 4.63. The molecule has 6 nitrogen and oxygen atoms in total. The van der Waals surface area contributed by atoms with Crippen LogP contribution in [0.15, 0.2) is 38.3 Å². The number of carbonyl (C=O) groups excluding carboxylic acids is 3. The lowest BCUT2D eigenvalue weighted by Gasteiger charge is -2.46. The van der Waals surface area contributed by atoms with Crippen LogP contribution in [-0.2, 0) is 23.9 Å². The van der Waals surface area contributed by atoms with Crippen LogP contribution in [0.1, 0.15) is 47.1 Å². The van der Waals surface area contributed by atoms with Gasteiger partial charge in [-0.05, 0) is 33.8 Å². The molecule has 0 aliphatic carbocycles. The van der Waals surface area contributed by atoms with Crippen LogP contribution in [0.2, 0.25) is 0 Å². The predicted molar refractivity (Wildman–Crippen MR) is 138 cm³/mol. The molecule has 0 unspecified atom stereocenters. The number of anilines is 1. The molecule has 0 saturated carbocycles. The van der Waals surface area contributed by atoms with E-state index in [1.807, 2.05) is 52.0 Å². The number of thiocarbonyl (C=S) groups is 1. The molecule has 9 heteroatoms. The summed E-state index contributed by atoms with van der Waals surface area (Å²) in [6.45, 7) is 11.4. The number of hydrogen-bond acceptors (Lipinski definition) is 8. The Labute approximate surface area is 208 Å². The summed E-state index contributed by atoms with van der Waals surface area (Å²) in [6, 6.07) is 7.57. The standard InChI is InChI=1S/C24H27NO5S3/c1-7-29-21(27)17-18(22(28)30-8-2)33-23(32-17)16-14-11-9-10-12-15(14)25(20(26)13(3)4)24(5,6)19(16)31/h9-13H,7-8H2,1-6H3. The number of nitrogens with zero attached hydrogens (tertiary/aromatic N) is 1. The van der Waals surface area contributed by atoms with Crippen LogP contribution >= 0.6 is 35.7 Å². The highest BCUT2D eigenvalue weighted by molar-refractivity contribution is 8.29. The Morgan fingerprint density at radius 1 is 1.00 bits per heavy atom. The fourth-order valence-electron chi connectivity index (χ4n) is 3.63. The Bertz CT molecular complexity index is 1060. The van der Waals surface area contributed by atoms with Gasteiger partial charge in [0.2, 0.25) is 5.91 Å². The Hall–Kier alpha value is -2.10. The number of ether oxygens (including phenoxy) is 2. The normalized spacial score (nSPS) is 17.4. The molecule has 3 rings (SSSR count). The van der Waals surface area contributed by atoms with Crippen LogP contribution in [0, 0.1) is 5.92 Å². The van der Waals surface area contributed by atoms with Crippen molar-refractivity contribution in [2.45, 2.75) is 47.1 Å². The van der Waals surface area contributed by atoms with Crippen molar-refractivity contribution < 1.29 is 23.9 Å². The first kappa shape index (κ1) is 25.5. The minimum absolute atomic E-state index is 0.0249. The zero-order chi connectivity index (χ0) is 24.5. The number of benzene rings is 1. The molecule has 0 bridgehead atoms. The van der Waals surface area contributed by atoms with Gasteiger partial charge in [-0.1, -0.05) is 67.8 Å². The van der Waals surface area contributed by atoms with E-state index in [1.54, 1.807) is 18.7 Å². The number of carbonyl (C=O) groups is 3. The molecule has 0 aromatic heterocycles. The van der Waals surface area contributed by atoms with Crippen molar-refractivity contribution >= 4 is 69.7 Å². The lowest BCUT2D eigenvalue weighted by Crippen LogP contribution is -2.57. The van der Waals surface area contributed by atoms with Gasteiger partial charge in [-0.2, -0.15) is 0 Å². The molecule has 2 aliphatic heterocycles. The summed E-state index contributed by atoms with van der Waals surface area (Å²) < 4.78 is 11.1. The van der Waals surface area contributed by atoms with E-state index in [4.69, 9.17) is 21.7 Å². The van der Waals surface area contributed by atoms with Gasteiger partial charge in [-0.15, -0.1) is 0 Å². The van der Waals surface area contributed by atoms with Crippen LogP contribution in [0.3, 0.4) is 0 Å². The maximum absolute atomic E-state index is 13.2. The molecule has 1 amide bonds. The average Bonchev–Trinajstić information content (AvgIpc) is 3.20. The molecule has 0 radical (unpaired) electrons. The second-order valence-electron chi connectivity index (χ2n) is 8.20. The van der Waals surface area contributed by atoms with Gasteiger partial charge < -0.3 is 14.4 Å². The Morgan fingerprint density at radius 3 is 2.00 bits per heavy atom. The number of rotatable bonds is 5. The Morgan fingerprint density at radius 2 is 1.52 bits per heavy atom. The monoisotopic (exact) mass is 505 g/mol. The van der Waals surface area contributed by atoms with Gasteiger partial charge in [0.05, 0.1) is 33.5 Å². The summed E-state index contributed by atoms with van der Waals surface area (Å²) in [7, 11) is 0. The lowest BCUT2D eigenvalue weighted by atomic mass is 9.82. The molecule has 1 aromatic carbocycles. The zero-order valence-corrected chi connectivity index (χ0v) is 22.0. The SMILES string of the molecule is CCOC(=O)C1=C(C(=O)OCC)SC(=C2C(=S)C(C)(C)N(C(=O)C(C)C)c3ccccc32)S1. The van der Waals surface area contributed by atoms with Crippen LogP contribution in [0.5, 0.6) is 0 Å². The minimum Gasteiger partial charge on any atom is -0.462 e. The first-order valence-electron chi connectivity index (χ1n) is 10.7. The first-order valence-corrected chi connectivity index (χ1v) is 12.8. The average molecular weight is 506 g/mol. The largest absolute Gasteiger partial charge is 0.462 e. The molecule has 0 fully saturated rings. The molecular formula is C24H27NO5S3. The molecule has 0 spiro atoms. The van der Waals surface area contributed by atoms with E-state index in [9.17, 15) is 14.4 Å². The van der Waals surface area contributed by atoms with E-state index in [-0.39, 0.29) is 34.8 Å². The van der Waals surface area contributed by atoms with Crippen molar-refractivity contribution in [2.24, 2.45) is 5.92 Å². The van der Waals surface area contributed by atoms with Gasteiger partial charge in [0.25, 0.3) is 0 Å². The molecule has 0 atom stereocenters. The summed E-state index contributed by atoms with van der Waals surface area (Å²) in [5.74, 6) is -1.38. The molecule has 33 heavy (non-hydrogen) atoms. The summed E-state index contributed by atoms with van der Waals surface area (Å²) in [5.41, 5.74) is 1.50.